The van der Waals surface area contributed by atoms with Gasteiger partial charge in [0.2, 0.25) is 0 Å². The van der Waals surface area contributed by atoms with E-state index in [9.17, 15) is 9.59 Å². The zero-order valence-corrected chi connectivity index (χ0v) is 13.2. The third-order valence-electron chi connectivity index (χ3n) is 2.60. The van der Waals surface area contributed by atoms with Gasteiger partial charge in [-0.15, -0.1) is 0 Å². The van der Waals surface area contributed by atoms with Gasteiger partial charge in [-0.1, -0.05) is 15.9 Å². The molecule has 1 aromatic rings. The molecule has 20 heavy (non-hydrogen) atoms. The van der Waals surface area contributed by atoms with Crippen molar-refractivity contribution >= 4 is 27.9 Å². The van der Waals surface area contributed by atoms with Gasteiger partial charge < -0.3 is 15.8 Å². The number of rotatable bonds is 4. The van der Waals surface area contributed by atoms with Gasteiger partial charge in [0.05, 0.1) is 0 Å². The molecule has 0 saturated carbocycles. The fraction of sp³-hybridized carbons (Fsp3) is 0.385. The molecule has 7 heteroatoms. The average molecular weight is 344 g/mol. The van der Waals surface area contributed by atoms with Crippen LogP contribution in [0.4, 0.5) is 4.79 Å². The van der Waals surface area contributed by atoms with Crippen LogP contribution in [0.15, 0.2) is 22.7 Å². The Kier molecular flexibility index (Phi) is 5.97. The van der Waals surface area contributed by atoms with Crippen molar-refractivity contribution in [3.8, 4) is 5.75 Å². The first-order valence-electron chi connectivity index (χ1n) is 6.09. The van der Waals surface area contributed by atoms with E-state index in [1.165, 1.54) is 7.05 Å². The maximum Gasteiger partial charge on any atom is 0.321 e. The van der Waals surface area contributed by atoms with Crippen molar-refractivity contribution in [2.45, 2.75) is 26.0 Å². The number of carbonyl (C=O) groups is 2. The summed E-state index contributed by atoms with van der Waals surface area (Å²) in [7, 11) is 1.43. The van der Waals surface area contributed by atoms with Gasteiger partial charge in [-0.3, -0.25) is 10.1 Å². The lowest BCUT2D eigenvalue weighted by atomic mass is 10.1. The molecule has 0 aliphatic carbocycles. The van der Waals surface area contributed by atoms with Crippen LogP contribution in [0, 0.1) is 0 Å². The van der Waals surface area contributed by atoms with Crippen molar-refractivity contribution < 1.29 is 14.3 Å². The minimum atomic E-state index is -0.814. The highest BCUT2D eigenvalue weighted by Crippen LogP contribution is 2.28. The molecular formula is C13H18BrN3O3. The zero-order valence-electron chi connectivity index (χ0n) is 11.6. The van der Waals surface area contributed by atoms with E-state index in [1.54, 1.807) is 19.1 Å². The molecule has 0 saturated heterocycles. The van der Waals surface area contributed by atoms with Crippen LogP contribution in [0.2, 0.25) is 0 Å². The molecule has 0 radical (unpaired) electrons. The highest BCUT2D eigenvalue weighted by molar-refractivity contribution is 9.10. The maximum absolute atomic E-state index is 11.7. The maximum atomic E-state index is 11.7. The van der Waals surface area contributed by atoms with E-state index < -0.39 is 18.0 Å². The molecule has 0 spiro atoms. The van der Waals surface area contributed by atoms with Crippen molar-refractivity contribution in [3.63, 3.8) is 0 Å². The van der Waals surface area contributed by atoms with E-state index in [4.69, 9.17) is 10.5 Å². The largest absolute Gasteiger partial charge is 0.481 e. The Morgan fingerprint density at radius 1 is 1.35 bits per heavy atom. The van der Waals surface area contributed by atoms with Gasteiger partial charge >= 0.3 is 6.03 Å². The van der Waals surface area contributed by atoms with Crippen LogP contribution in [0.3, 0.4) is 0 Å². The standard InChI is InChI=1S/C13H18BrN3O3/c1-7(15)10-6-9(14)4-5-11(10)20-8(2)12(18)17-13(19)16-3/h4-8H,15H2,1-3H3,(H2,16,17,18,19)/t7-,8?/m1/s1. The topological polar surface area (TPSA) is 93.5 Å². The molecule has 0 fully saturated rings. The smallest absolute Gasteiger partial charge is 0.321 e. The number of hydrogen-bond acceptors (Lipinski definition) is 4. The first-order chi connectivity index (χ1) is 9.35. The van der Waals surface area contributed by atoms with E-state index in [1.807, 2.05) is 13.0 Å². The minimum absolute atomic E-state index is 0.239. The summed E-state index contributed by atoms with van der Waals surface area (Å²) in [6.45, 7) is 3.38. The molecule has 1 aromatic carbocycles. The molecule has 1 unspecified atom stereocenters. The van der Waals surface area contributed by atoms with Gasteiger partial charge in [-0.2, -0.15) is 0 Å². The van der Waals surface area contributed by atoms with E-state index in [0.29, 0.717) is 5.75 Å². The van der Waals surface area contributed by atoms with Crippen molar-refractivity contribution in [1.82, 2.24) is 10.6 Å². The number of halogens is 1. The molecule has 0 aromatic heterocycles. The fourth-order valence-corrected chi connectivity index (χ4v) is 1.88. The molecule has 0 bridgehead atoms. The summed E-state index contributed by atoms with van der Waals surface area (Å²) in [5.41, 5.74) is 6.65. The fourth-order valence-electron chi connectivity index (χ4n) is 1.50. The Morgan fingerprint density at radius 2 is 2.00 bits per heavy atom. The lowest BCUT2D eigenvalue weighted by Gasteiger charge is -2.18. The second kappa shape index (κ2) is 7.25. The van der Waals surface area contributed by atoms with Gasteiger partial charge in [0.1, 0.15) is 5.75 Å². The summed E-state index contributed by atoms with van der Waals surface area (Å²) >= 11 is 3.36. The quantitative estimate of drug-likeness (QED) is 0.775. The summed E-state index contributed by atoms with van der Waals surface area (Å²) in [5, 5.41) is 4.45. The molecule has 1 rings (SSSR count). The number of amides is 3. The van der Waals surface area contributed by atoms with Gasteiger partial charge in [-0.05, 0) is 32.0 Å². The number of imide groups is 1. The van der Waals surface area contributed by atoms with Crippen molar-refractivity contribution in [2.24, 2.45) is 5.73 Å². The molecule has 2 atom stereocenters. The molecular weight excluding hydrogens is 326 g/mol. The normalized spacial score (nSPS) is 13.2. The lowest BCUT2D eigenvalue weighted by molar-refractivity contribution is -0.126. The van der Waals surface area contributed by atoms with Crippen molar-refractivity contribution in [2.75, 3.05) is 7.05 Å². The first-order valence-corrected chi connectivity index (χ1v) is 6.88. The van der Waals surface area contributed by atoms with Crippen LogP contribution >= 0.6 is 15.9 Å². The average Bonchev–Trinajstić information content (AvgIpc) is 2.40. The Hall–Kier alpha value is -1.60. The number of urea groups is 1. The van der Waals surface area contributed by atoms with Crippen LogP contribution in [0.1, 0.15) is 25.5 Å². The summed E-state index contributed by atoms with van der Waals surface area (Å²) in [5.74, 6) is -0.00866. The van der Waals surface area contributed by atoms with E-state index in [2.05, 4.69) is 26.6 Å². The molecule has 110 valence electrons. The number of benzene rings is 1. The van der Waals surface area contributed by atoms with Crippen molar-refractivity contribution in [3.05, 3.63) is 28.2 Å². The second-order valence-electron chi connectivity index (χ2n) is 4.30. The molecule has 0 aliphatic heterocycles. The number of hydrogen-bond donors (Lipinski definition) is 3. The summed E-state index contributed by atoms with van der Waals surface area (Å²) in [6.07, 6.45) is -0.814. The molecule has 3 amide bonds. The molecule has 0 heterocycles. The Labute approximate surface area is 126 Å². The van der Waals surface area contributed by atoms with E-state index in [-0.39, 0.29) is 6.04 Å². The Morgan fingerprint density at radius 3 is 2.55 bits per heavy atom. The summed E-state index contributed by atoms with van der Waals surface area (Å²) in [6, 6.07) is 4.55. The van der Waals surface area contributed by atoms with Gasteiger partial charge in [-0.25, -0.2) is 4.79 Å². The number of carbonyl (C=O) groups excluding carboxylic acids is 2. The molecule has 6 nitrogen and oxygen atoms in total. The van der Waals surface area contributed by atoms with Gasteiger partial charge in [0.15, 0.2) is 6.10 Å². The van der Waals surface area contributed by atoms with Crippen molar-refractivity contribution in [1.29, 1.82) is 0 Å². The van der Waals surface area contributed by atoms with Crippen LogP contribution in [-0.4, -0.2) is 25.1 Å². The predicted octanol–water partition coefficient (Wildman–Crippen LogP) is 1.69. The molecule has 4 N–H and O–H groups in total. The minimum Gasteiger partial charge on any atom is -0.481 e. The third kappa shape index (κ3) is 4.50. The lowest BCUT2D eigenvalue weighted by Crippen LogP contribution is -2.44. The summed E-state index contributed by atoms with van der Waals surface area (Å²) < 4.78 is 6.45. The number of nitrogens with one attached hydrogen (secondary N) is 2. The SMILES string of the molecule is CNC(=O)NC(=O)C(C)Oc1ccc(Br)cc1[C@@H](C)N. The third-order valence-corrected chi connectivity index (χ3v) is 3.09. The monoisotopic (exact) mass is 343 g/mol. The Balaban J connectivity index is 2.82. The second-order valence-corrected chi connectivity index (χ2v) is 5.21. The van der Waals surface area contributed by atoms with Crippen LogP contribution in [0.25, 0.3) is 0 Å². The van der Waals surface area contributed by atoms with Crippen LogP contribution in [0.5, 0.6) is 5.75 Å². The highest BCUT2D eigenvalue weighted by atomic mass is 79.9. The van der Waals surface area contributed by atoms with Gasteiger partial charge in [0.25, 0.3) is 5.91 Å². The van der Waals surface area contributed by atoms with E-state index >= 15 is 0 Å². The van der Waals surface area contributed by atoms with Crippen LogP contribution < -0.4 is 21.1 Å². The highest BCUT2D eigenvalue weighted by Gasteiger charge is 2.19. The predicted molar refractivity (Wildman–Crippen MR) is 79.4 cm³/mol. The first kappa shape index (κ1) is 16.5. The summed E-state index contributed by atoms with van der Waals surface area (Å²) in [4.78, 5) is 22.8. The zero-order chi connectivity index (χ0) is 15.3. The van der Waals surface area contributed by atoms with Gasteiger partial charge in [0, 0.05) is 23.1 Å². The number of nitrogens with two attached hydrogens (primary N) is 1. The van der Waals surface area contributed by atoms with E-state index in [0.717, 1.165) is 10.0 Å². The molecule has 0 aliphatic rings. The number of ether oxygens (including phenoxy) is 1. The Bertz CT molecular complexity index is 506. The van der Waals surface area contributed by atoms with Crippen LogP contribution in [-0.2, 0) is 4.79 Å².